The van der Waals surface area contributed by atoms with Gasteiger partial charge in [-0.2, -0.15) is 0 Å². The van der Waals surface area contributed by atoms with Crippen molar-refractivity contribution in [1.82, 2.24) is 0 Å². The topological polar surface area (TPSA) is 37.4 Å². The third kappa shape index (κ3) is 1.57. The van der Waals surface area contributed by atoms with Crippen LogP contribution in [0.25, 0.3) is 0 Å². The summed E-state index contributed by atoms with van der Waals surface area (Å²) < 4.78 is 0. The van der Waals surface area contributed by atoms with Crippen molar-refractivity contribution in [1.29, 1.82) is 0 Å². The first-order valence-corrected chi connectivity index (χ1v) is 6.12. The van der Waals surface area contributed by atoms with Crippen LogP contribution in [0.2, 0.25) is 0 Å². The van der Waals surface area contributed by atoms with Crippen LogP contribution in [0.15, 0.2) is 12.1 Å². The average Bonchev–Trinajstić information content (AvgIpc) is 2.33. The van der Waals surface area contributed by atoms with Crippen molar-refractivity contribution in [2.45, 2.75) is 32.1 Å². The second-order valence-corrected chi connectivity index (χ2v) is 4.87. The van der Waals surface area contributed by atoms with Crippen LogP contribution in [0.3, 0.4) is 0 Å². The van der Waals surface area contributed by atoms with E-state index in [0.717, 1.165) is 30.5 Å². The summed E-state index contributed by atoms with van der Waals surface area (Å²) in [5.74, 6) is 0.362. The highest BCUT2D eigenvalue weighted by atomic mass is 16.2. The molecule has 0 aromatic heterocycles. The lowest BCUT2D eigenvalue weighted by Gasteiger charge is -2.28. The molecule has 3 heteroatoms. The van der Waals surface area contributed by atoms with Gasteiger partial charge < -0.3 is 4.90 Å². The number of amides is 1. The van der Waals surface area contributed by atoms with Gasteiger partial charge in [0.25, 0.3) is 0 Å². The summed E-state index contributed by atoms with van der Waals surface area (Å²) in [6.45, 7) is 0. The number of carbonyl (C=O) groups is 2. The van der Waals surface area contributed by atoms with E-state index in [2.05, 4.69) is 6.07 Å². The molecule has 2 aliphatic rings. The number of rotatable bonds is 0. The second kappa shape index (κ2) is 3.69. The SMILES string of the molecule is CN1C(=O)CCc2cc3c(cc21)C(=O)CCC3. The van der Waals surface area contributed by atoms with Crippen LogP contribution in [0.4, 0.5) is 5.69 Å². The molecule has 1 heterocycles. The first-order chi connectivity index (χ1) is 8.16. The van der Waals surface area contributed by atoms with Gasteiger partial charge in [-0.15, -0.1) is 0 Å². The molecule has 0 N–H and O–H groups in total. The smallest absolute Gasteiger partial charge is 0.227 e. The predicted octanol–water partition coefficient (Wildman–Crippen LogP) is 2.11. The van der Waals surface area contributed by atoms with E-state index in [-0.39, 0.29) is 11.7 Å². The molecule has 0 bridgehead atoms. The summed E-state index contributed by atoms with van der Waals surface area (Å²) in [4.78, 5) is 25.2. The van der Waals surface area contributed by atoms with Crippen LogP contribution in [-0.4, -0.2) is 18.7 Å². The lowest BCUT2D eigenvalue weighted by Crippen LogP contribution is -2.31. The maximum Gasteiger partial charge on any atom is 0.227 e. The number of ketones is 1. The summed E-state index contributed by atoms with van der Waals surface area (Å²) in [6, 6.07) is 4.05. The van der Waals surface area contributed by atoms with E-state index in [4.69, 9.17) is 0 Å². The van der Waals surface area contributed by atoms with Crippen molar-refractivity contribution in [2.75, 3.05) is 11.9 Å². The number of benzene rings is 1. The zero-order chi connectivity index (χ0) is 12.0. The Kier molecular flexibility index (Phi) is 2.28. The number of carbonyl (C=O) groups excluding carboxylic acids is 2. The highest BCUT2D eigenvalue weighted by Gasteiger charge is 2.25. The van der Waals surface area contributed by atoms with Gasteiger partial charge in [-0.25, -0.2) is 0 Å². The van der Waals surface area contributed by atoms with Crippen LogP contribution in [0.1, 0.15) is 40.7 Å². The van der Waals surface area contributed by atoms with Gasteiger partial charge in [0.05, 0.1) is 0 Å². The number of Topliss-reactive ketones (excluding diaryl/α,β-unsaturated/α-hetero) is 1. The molecule has 0 saturated heterocycles. The van der Waals surface area contributed by atoms with Gasteiger partial charge in [-0.1, -0.05) is 6.07 Å². The number of fused-ring (bicyclic) bond motifs is 2. The van der Waals surface area contributed by atoms with E-state index >= 15 is 0 Å². The minimum absolute atomic E-state index is 0.140. The molecule has 0 saturated carbocycles. The summed E-state index contributed by atoms with van der Waals surface area (Å²) in [5, 5.41) is 0. The number of aryl methyl sites for hydroxylation is 2. The van der Waals surface area contributed by atoms with Gasteiger partial charge in [0.1, 0.15) is 0 Å². The Balaban J connectivity index is 2.15. The molecule has 3 rings (SSSR count). The van der Waals surface area contributed by atoms with Gasteiger partial charge >= 0.3 is 0 Å². The zero-order valence-electron chi connectivity index (χ0n) is 9.95. The Labute approximate surface area is 100 Å². The van der Waals surface area contributed by atoms with Crippen molar-refractivity contribution >= 4 is 17.4 Å². The molecule has 0 fully saturated rings. The van der Waals surface area contributed by atoms with Gasteiger partial charge in [0.15, 0.2) is 5.78 Å². The van der Waals surface area contributed by atoms with Crippen LogP contribution >= 0.6 is 0 Å². The lowest BCUT2D eigenvalue weighted by atomic mass is 9.86. The summed E-state index contributed by atoms with van der Waals surface area (Å²) in [7, 11) is 1.79. The van der Waals surface area contributed by atoms with Gasteiger partial charge in [-0.05, 0) is 36.5 Å². The largest absolute Gasteiger partial charge is 0.315 e. The fourth-order valence-corrected chi connectivity index (χ4v) is 2.78. The fourth-order valence-electron chi connectivity index (χ4n) is 2.78. The van der Waals surface area contributed by atoms with Gasteiger partial charge in [0, 0.05) is 31.1 Å². The lowest BCUT2D eigenvalue weighted by molar-refractivity contribution is -0.118. The standard InChI is InChI=1S/C14H15NO2/c1-15-12-8-11-9(3-2-4-13(11)16)7-10(12)5-6-14(15)17/h7-8H,2-6H2,1H3. The Morgan fingerprint density at radius 3 is 2.65 bits per heavy atom. The molecule has 1 aliphatic carbocycles. The Morgan fingerprint density at radius 1 is 1.00 bits per heavy atom. The number of anilines is 1. The van der Waals surface area contributed by atoms with Crippen LogP contribution in [-0.2, 0) is 17.6 Å². The summed E-state index contributed by atoms with van der Waals surface area (Å²) in [5.41, 5.74) is 4.13. The van der Waals surface area contributed by atoms with Crippen molar-refractivity contribution in [3.8, 4) is 0 Å². The minimum atomic E-state index is 0.140. The number of hydrogen-bond acceptors (Lipinski definition) is 2. The normalized spacial score (nSPS) is 19.0. The zero-order valence-corrected chi connectivity index (χ0v) is 9.95. The third-order valence-corrected chi connectivity index (χ3v) is 3.80. The molecular weight excluding hydrogens is 214 g/mol. The monoisotopic (exact) mass is 229 g/mol. The third-order valence-electron chi connectivity index (χ3n) is 3.80. The van der Waals surface area contributed by atoms with E-state index in [1.54, 1.807) is 11.9 Å². The molecule has 17 heavy (non-hydrogen) atoms. The molecular formula is C14H15NO2. The molecule has 0 atom stereocenters. The molecule has 1 amide bonds. The first-order valence-electron chi connectivity index (χ1n) is 6.12. The highest BCUT2D eigenvalue weighted by molar-refractivity contribution is 6.02. The average molecular weight is 229 g/mol. The minimum Gasteiger partial charge on any atom is -0.315 e. The second-order valence-electron chi connectivity index (χ2n) is 4.87. The molecule has 3 nitrogen and oxygen atoms in total. The van der Waals surface area contributed by atoms with E-state index < -0.39 is 0 Å². The quantitative estimate of drug-likeness (QED) is 0.683. The molecule has 88 valence electrons. The van der Waals surface area contributed by atoms with Gasteiger partial charge in [-0.3, -0.25) is 9.59 Å². The van der Waals surface area contributed by atoms with Crippen molar-refractivity contribution in [2.24, 2.45) is 0 Å². The summed E-state index contributed by atoms with van der Waals surface area (Å²) in [6.07, 6.45) is 3.98. The molecule has 1 aromatic carbocycles. The molecule has 0 spiro atoms. The Morgan fingerprint density at radius 2 is 1.82 bits per heavy atom. The van der Waals surface area contributed by atoms with E-state index in [1.807, 2.05) is 6.07 Å². The van der Waals surface area contributed by atoms with Crippen LogP contribution < -0.4 is 4.90 Å². The van der Waals surface area contributed by atoms with Crippen LogP contribution in [0, 0.1) is 0 Å². The first kappa shape index (κ1) is 10.5. The fraction of sp³-hybridized carbons (Fsp3) is 0.429. The molecule has 0 unspecified atom stereocenters. The highest BCUT2D eigenvalue weighted by Crippen LogP contribution is 2.33. The van der Waals surface area contributed by atoms with Crippen molar-refractivity contribution < 1.29 is 9.59 Å². The maximum atomic E-state index is 11.9. The van der Waals surface area contributed by atoms with E-state index in [1.165, 1.54) is 11.1 Å². The van der Waals surface area contributed by atoms with E-state index in [0.29, 0.717) is 12.8 Å². The molecule has 1 aliphatic heterocycles. The maximum absolute atomic E-state index is 11.9. The van der Waals surface area contributed by atoms with E-state index in [9.17, 15) is 9.59 Å². The summed E-state index contributed by atoms with van der Waals surface area (Å²) >= 11 is 0. The van der Waals surface area contributed by atoms with Crippen LogP contribution in [0.5, 0.6) is 0 Å². The Bertz CT molecular complexity index is 519. The number of hydrogen-bond donors (Lipinski definition) is 0. The van der Waals surface area contributed by atoms with Crippen molar-refractivity contribution in [3.63, 3.8) is 0 Å². The molecule has 0 radical (unpaired) electrons. The molecule has 1 aromatic rings. The van der Waals surface area contributed by atoms with Crippen molar-refractivity contribution in [3.05, 3.63) is 28.8 Å². The van der Waals surface area contributed by atoms with Gasteiger partial charge in [0.2, 0.25) is 5.91 Å². The number of nitrogens with zero attached hydrogens (tertiary/aromatic N) is 1. The predicted molar refractivity (Wildman–Crippen MR) is 65.4 cm³/mol. The Hall–Kier alpha value is -1.64.